The number of carbonyl (C=O) groups is 2. The molecule has 1 heterocycles. The van der Waals surface area contributed by atoms with Gasteiger partial charge in [-0.15, -0.1) is 0 Å². The van der Waals surface area contributed by atoms with Gasteiger partial charge in [0.05, 0.1) is 0 Å². The zero-order valence-electron chi connectivity index (χ0n) is 17.0. The van der Waals surface area contributed by atoms with Crippen LogP contribution in [0.3, 0.4) is 0 Å². The van der Waals surface area contributed by atoms with E-state index in [1.165, 1.54) is 6.42 Å². The van der Waals surface area contributed by atoms with Gasteiger partial charge in [-0.2, -0.15) is 0 Å². The Hall–Kier alpha value is -2.86. The summed E-state index contributed by atoms with van der Waals surface area (Å²) < 4.78 is 5.47. The van der Waals surface area contributed by atoms with E-state index in [-0.39, 0.29) is 12.5 Å². The molecule has 2 aromatic rings. The van der Waals surface area contributed by atoms with Crippen LogP contribution in [-0.4, -0.2) is 54.4 Å². The van der Waals surface area contributed by atoms with Crippen molar-refractivity contribution in [3.05, 3.63) is 59.7 Å². The number of aliphatic carboxylic acids is 1. The van der Waals surface area contributed by atoms with Crippen LogP contribution in [0.15, 0.2) is 48.5 Å². The quantitative estimate of drug-likeness (QED) is 0.616. The Kier molecular flexibility index (Phi) is 6.33. The van der Waals surface area contributed by atoms with Crippen molar-refractivity contribution < 1.29 is 19.4 Å². The number of carboxylic acids is 1. The summed E-state index contributed by atoms with van der Waals surface area (Å²) in [5, 5.41) is 12.0. The second-order valence-corrected chi connectivity index (χ2v) is 8.05. The van der Waals surface area contributed by atoms with Crippen LogP contribution >= 0.6 is 0 Å². The molecule has 0 radical (unpaired) electrons. The minimum atomic E-state index is -1.02. The normalized spacial score (nSPS) is 16.3. The minimum Gasteiger partial charge on any atom is -0.480 e. The van der Waals surface area contributed by atoms with Crippen molar-refractivity contribution in [1.82, 2.24) is 10.2 Å². The maximum Gasteiger partial charge on any atom is 0.407 e. The topological polar surface area (TPSA) is 78.9 Å². The number of ether oxygens (including phenoxy) is 1. The molecule has 0 spiro atoms. The average molecular weight is 408 g/mol. The Labute approximate surface area is 176 Å². The summed E-state index contributed by atoms with van der Waals surface area (Å²) in [7, 11) is 0. The highest BCUT2D eigenvalue weighted by Gasteiger charge is 2.29. The van der Waals surface area contributed by atoms with E-state index in [1.54, 1.807) is 0 Å². The monoisotopic (exact) mass is 408 g/mol. The van der Waals surface area contributed by atoms with Gasteiger partial charge in [0.1, 0.15) is 12.6 Å². The zero-order valence-corrected chi connectivity index (χ0v) is 17.0. The summed E-state index contributed by atoms with van der Waals surface area (Å²) in [5.41, 5.74) is 4.58. The Morgan fingerprint density at radius 2 is 1.67 bits per heavy atom. The maximum atomic E-state index is 12.3. The fourth-order valence-corrected chi connectivity index (χ4v) is 4.33. The Morgan fingerprint density at radius 1 is 1.03 bits per heavy atom. The van der Waals surface area contributed by atoms with Crippen molar-refractivity contribution in [2.24, 2.45) is 0 Å². The molecule has 2 aliphatic rings. The van der Waals surface area contributed by atoms with E-state index in [1.807, 2.05) is 24.3 Å². The van der Waals surface area contributed by atoms with E-state index in [0.29, 0.717) is 6.42 Å². The highest BCUT2D eigenvalue weighted by Crippen LogP contribution is 2.44. The van der Waals surface area contributed by atoms with Crippen LogP contribution in [0.25, 0.3) is 11.1 Å². The minimum absolute atomic E-state index is 0.0389. The number of carboxylic acid groups (broad SMARTS) is 1. The van der Waals surface area contributed by atoms with Crippen LogP contribution in [0, 0.1) is 0 Å². The molecule has 6 heteroatoms. The third-order valence-corrected chi connectivity index (χ3v) is 6.10. The number of carbonyl (C=O) groups excluding carboxylic acids is 1. The summed E-state index contributed by atoms with van der Waals surface area (Å²) in [6.45, 7) is 3.46. The number of benzene rings is 2. The number of likely N-dealkylation sites (tertiary alicyclic amines) is 1. The van der Waals surface area contributed by atoms with Gasteiger partial charge in [-0.1, -0.05) is 48.5 Å². The first-order valence-electron chi connectivity index (χ1n) is 10.7. The summed E-state index contributed by atoms with van der Waals surface area (Å²) in [5.74, 6) is -1.06. The van der Waals surface area contributed by atoms with Crippen molar-refractivity contribution in [2.75, 3.05) is 26.2 Å². The lowest BCUT2D eigenvalue weighted by Gasteiger charge is -2.30. The summed E-state index contributed by atoms with van der Waals surface area (Å²) >= 11 is 0. The summed E-state index contributed by atoms with van der Waals surface area (Å²) in [4.78, 5) is 26.2. The third-order valence-electron chi connectivity index (χ3n) is 6.10. The molecule has 0 saturated carbocycles. The first-order valence-corrected chi connectivity index (χ1v) is 10.7. The number of amides is 1. The number of nitrogens with zero attached hydrogens (tertiary/aromatic N) is 1. The summed E-state index contributed by atoms with van der Waals surface area (Å²) in [6, 6.07) is 15.3. The number of unbranched alkanes of at least 4 members (excludes halogenated alkanes) is 1. The second-order valence-electron chi connectivity index (χ2n) is 8.05. The number of fused-ring (bicyclic) bond motifs is 3. The van der Waals surface area contributed by atoms with Crippen molar-refractivity contribution in [3.8, 4) is 11.1 Å². The fourth-order valence-electron chi connectivity index (χ4n) is 4.33. The van der Waals surface area contributed by atoms with Crippen molar-refractivity contribution in [1.29, 1.82) is 0 Å². The highest BCUT2D eigenvalue weighted by molar-refractivity contribution is 5.81. The van der Waals surface area contributed by atoms with E-state index < -0.39 is 18.1 Å². The lowest BCUT2D eigenvalue weighted by atomic mass is 9.98. The molecule has 1 amide bonds. The van der Waals surface area contributed by atoms with Gasteiger partial charge in [-0.3, -0.25) is 0 Å². The lowest BCUT2D eigenvalue weighted by Crippen LogP contribution is -2.41. The molecule has 2 aromatic carbocycles. The van der Waals surface area contributed by atoms with Crippen LogP contribution in [0.4, 0.5) is 4.79 Å². The molecule has 0 bridgehead atoms. The molecule has 1 fully saturated rings. The molecule has 30 heavy (non-hydrogen) atoms. The number of hydrogen-bond donors (Lipinski definition) is 2. The molecule has 4 rings (SSSR count). The maximum absolute atomic E-state index is 12.3. The smallest absolute Gasteiger partial charge is 0.407 e. The molecule has 1 aliphatic carbocycles. The standard InChI is InChI=1S/C24H28N2O4/c27-23(28)22(12-5-6-13-26-14-7-15-26)25-24(29)30-16-21-19-10-3-1-8-17(19)18-9-2-4-11-20(18)21/h1-4,8-11,21-22H,5-7,12-16H2,(H,25,29)(H,27,28)/t22-/m0/s1. The SMILES string of the molecule is O=C(N[C@@H](CCCCN1CCC1)C(=O)O)OCC1c2ccccc2-c2ccccc21. The Balaban J connectivity index is 1.30. The van der Waals surface area contributed by atoms with Gasteiger partial charge in [-0.05, 0) is 67.6 Å². The number of nitrogens with one attached hydrogen (secondary N) is 1. The molecule has 2 N–H and O–H groups in total. The largest absolute Gasteiger partial charge is 0.480 e. The van der Waals surface area contributed by atoms with Crippen LogP contribution in [0.2, 0.25) is 0 Å². The number of alkyl carbamates (subject to hydrolysis) is 1. The first kappa shape index (κ1) is 20.4. The van der Waals surface area contributed by atoms with Gasteiger partial charge in [0.25, 0.3) is 0 Å². The van der Waals surface area contributed by atoms with E-state index >= 15 is 0 Å². The molecule has 158 valence electrons. The molecule has 0 unspecified atom stereocenters. The summed E-state index contributed by atoms with van der Waals surface area (Å²) in [6.07, 6.45) is 2.69. The Morgan fingerprint density at radius 3 is 2.23 bits per heavy atom. The van der Waals surface area contributed by atoms with Gasteiger partial charge in [-0.25, -0.2) is 9.59 Å². The number of rotatable bonds is 9. The van der Waals surface area contributed by atoms with Gasteiger partial charge in [0.2, 0.25) is 0 Å². The van der Waals surface area contributed by atoms with Crippen LogP contribution in [-0.2, 0) is 9.53 Å². The van der Waals surface area contributed by atoms with E-state index in [9.17, 15) is 14.7 Å². The molecule has 1 saturated heterocycles. The van der Waals surface area contributed by atoms with Crippen molar-refractivity contribution in [2.45, 2.75) is 37.6 Å². The van der Waals surface area contributed by atoms with Crippen LogP contribution in [0.5, 0.6) is 0 Å². The van der Waals surface area contributed by atoms with Gasteiger partial charge in [0, 0.05) is 5.92 Å². The van der Waals surface area contributed by atoms with Crippen molar-refractivity contribution in [3.63, 3.8) is 0 Å². The van der Waals surface area contributed by atoms with Gasteiger partial charge >= 0.3 is 12.1 Å². The van der Waals surface area contributed by atoms with Gasteiger partial charge < -0.3 is 20.1 Å². The average Bonchev–Trinajstić information content (AvgIpc) is 3.03. The van der Waals surface area contributed by atoms with Crippen LogP contribution < -0.4 is 5.32 Å². The molecule has 1 aliphatic heterocycles. The Bertz CT molecular complexity index is 864. The molecule has 0 aromatic heterocycles. The van der Waals surface area contributed by atoms with E-state index in [0.717, 1.165) is 54.7 Å². The first-order chi connectivity index (χ1) is 14.6. The molecule has 6 nitrogen and oxygen atoms in total. The highest BCUT2D eigenvalue weighted by atomic mass is 16.5. The third kappa shape index (κ3) is 4.49. The van der Waals surface area contributed by atoms with Gasteiger partial charge in [0.15, 0.2) is 0 Å². The second kappa shape index (κ2) is 9.30. The van der Waals surface area contributed by atoms with Crippen molar-refractivity contribution >= 4 is 12.1 Å². The molecular weight excluding hydrogens is 380 g/mol. The van der Waals surface area contributed by atoms with E-state index in [2.05, 4.69) is 34.5 Å². The zero-order chi connectivity index (χ0) is 20.9. The lowest BCUT2D eigenvalue weighted by molar-refractivity contribution is -0.139. The number of hydrogen-bond acceptors (Lipinski definition) is 4. The predicted molar refractivity (Wildman–Crippen MR) is 115 cm³/mol. The van der Waals surface area contributed by atoms with Crippen LogP contribution in [0.1, 0.15) is 42.7 Å². The molecule has 1 atom stereocenters. The molecular formula is C24H28N2O4. The predicted octanol–water partition coefficient (Wildman–Crippen LogP) is 3.85. The van der Waals surface area contributed by atoms with E-state index in [4.69, 9.17) is 4.74 Å². The fraction of sp³-hybridized carbons (Fsp3) is 0.417.